The van der Waals surface area contributed by atoms with Crippen molar-refractivity contribution in [1.29, 1.82) is 0 Å². The second-order valence-corrected chi connectivity index (χ2v) is 5.96. The normalized spacial score (nSPS) is 10.7. The van der Waals surface area contributed by atoms with E-state index in [1.165, 1.54) is 11.3 Å². The minimum atomic E-state index is 0.384. The molecule has 2 heterocycles. The second-order valence-electron chi connectivity index (χ2n) is 4.13. The Morgan fingerprint density at radius 3 is 2.70 bits per heavy atom. The van der Waals surface area contributed by atoms with Gasteiger partial charge in [0, 0.05) is 15.9 Å². The van der Waals surface area contributed by atoms with Crippen molar-refractivity contribution in [3.63, 3.8) is 0 Å². The van der Waals surface area contributed by atoms with Crippen LogP contribution in [0.25, 0.3) is 21.8 Å². The number of halogens is 1. The number of nitrogen functional groups attached to an aromatic ring is 1. The molecule has 0 bridgehead atoms. The fourth-order valence-corrected chi connectivity index (χ4v) is 3.01. The smallest absolute Gasteiger partial charge is 0.186 e. The topological polar surface area (TPSA) is 61.3 Å². The van der Waals surface area contributed by atoms with E-state index in [1.54, 1.807) is 7.11 Å². The van der Waals surface area contributed by atoms with Crippen LogP contribution in [0.1, 0.15) is 0 Å². The number of rotatable bonds is 3. The van der Waals surface area contributed by atoms with E-state index in [-0.39, 0.29) is 0 Å². The van der Waals surface area contributed by atoms with E-state index in [2.05, 4.69) is 21.1 Å². The first-order valence-electron chi connectivity index (χ1n) is 5.83. The maximum atomic E-state index is 5.94. The third-order valence-corrected chi connectivity index (χ3v) is 4.32. The zero-order valence-corrected chi connectivity index (χ0v) is 13.0. The van der Waals surface area contributed by atoms with Gasteiger partial charge in [-0.1, -0.05) is 33.2 Å². The van der Waals surface area contributed by atoms with Crippen LogP contribution in [-0.4, -0.2) is 12.3 Å². The molecule has 0 aliphatic carbocycles. The van der Waals surface area contributed by atoms with Crippen LogP contribution in [0.4, 0.5) is 5.82 Å². The molecule has 2 aromatic heterocycles. The summed E-state index contributed by atoms with van der Waals surface area (Å²) in [5, 5.41) is 5.80. The van der Waals surface area contributed by atoms with Gasteiger partial charge in [-0.3, -0.25) is 0 Å². The quantitative estimate of drug-likeness (QED) is 0.759. The number of anilines is 1. The van der Waals surface area contributed by atoms with Crippen molar-refractivity contribution in [2.45, 2.75) is 0 Å². The van der Waals surface area contributed by atoms with Crippen LogP contribution in [0.15, 0.2) is 44.7 Å². The molecular weight excluding hydrogens is 340 g/mol. The molecular formula is C14H11BrN2O2S. The van der Waals surface area contributed by atoms with Crippen LogP contribution in [0.3, 0.4) is 0 Å². The van der Waals surface area contributed by atoms with E-state index in [1.807, 2.05) is 35.7 Å². The molecule has 3 aromatic rings. The van der Waals surface area contributed by atoms with Crippen molar-refractivity contribution in [2.75, 3.05) is 12.8 Å². The molecule has 4 nitrogen and oxygen atoms in total. The first-order chi connectivity index (χ1) is 9.69. The molecule has 102 valence electrons. The van der Waals surface area contributed by atoms with Crippen LogP contribution >= 0.6 is 27.3 Å². The van der Waals surface area contributed by atoms with Crippen LogP contribution in [-0.2, 0) is 0 Å². The van der Waals surface area contributed by atoms with E-state index < -0.39 is 0 Å². The highest BCUT2D eigenvalue weighted by Gasteiger charge is 2.19. The summed E-state index contributed by atoms with van der Waals surface area (Å²) in [6, 6.07) is 9.77. The van der Waals surface area contributed by atoms with Gasteiger partial charge in [0.25, 0.3) is 0 Å². The fraction of sp³-hybridized carbons (Fsp3) is 0.0714. The van der Waals surface area contributed by atoms with Gasteiger partial charge in [0.2, 0.25) is 0 Å². The van der Waals surface area contributed by atoms with Gasteiger partial charge in [-0.15, -0.1) is 11.3 Å². The number of nitrogens with zero attached hydrogens (tertiary/aromatic N) is 1. The molecule has 0 saturated carbocycles. The van der Waals surface area contributed by atoms with E-state index >= 15 is 0 Å². The highest BCUT2D eigenvalue weighted by molar-refractivity contribution is 9.10. The van der Waals surface area contributed by atoms with Gasteiger partial charge < -0.3 is 15.0 Å². The lowest BCUT2D eigenvalue weighted by molar-refractivity contribution is 0.416. The van der Waals surface area contributed by atoms with Gasteiger partial charge in [0.1, 0.15) is 5.75 Å². The van der Waals surface area contributed by atoms with Crippen LogP contribution in [0.2, 0.25) is 0 Å². The SMILES string of the molecule is COc1csc(-c2onc(N)c2-c2ccc(Br)cc2)c1. The number of hydrogen-bond donors (Lipinski definition) is 1. The summed E-state index contributed by atoms with van der Waals surface area (Å²) < 4.78 is 11.6. The molecule has 0 saturated heterocycles. The Labute approximate surface area is 128 Å². The summed E-state index contributed by atoms with van der Waals surface area (Å²) in [6.45, 7) is 0. The molecule has 0 fully saturated rings. The number of benzene rings is 1. The van der Waals surface area contributed by atoms with Gasteiger partial charge in [-0.25, -0.2) is 0 Å². The maximum Gasteiger partial charge on any atom is 0.186 e. The lowest BCUT2D eigenvalue weighted by atomic mass is 10.1. The Hall–Kier alpha value is -1.79. The minimum absolute atomic E-state index is 0.384. The largest absolute Gasteiger partial charge is 0.496 e. The third-order valence-electron chi connectivity index (χ3n) is 2.89. The Morgan fingerprint density at radius 2 is 2.05 bits per heavy atom. The van der Waals surface area contributed by atoms with Gasteiger partial charge in [-0.2, -0.15) is 0 Å². The van der Waals surface area contributed by atoms with E-state index in [4.69, 9.17) is 15.0 Å². The summed E-state index contributed by atoms with van der Waals surface area (Å²) in [6.07, 6.45) is 0. The standard InChI is InChI=1S/C14H11BrN2O2S/c1-18-10-6-11(20-7-10)13-12(14(16)17-19-13)8-2-4-9(15)5-3-8/h2-7H,1H3,(H2,16,17). The molecule has 1 aromatic carbocycles. The number of aromatic nitrogens is 1. The van der Waals surface area contributed by atoms with Gasteiger partial charge in [0.15, 0.2) is 11.6 Å². The molecule has 20 heavy (non-hydrogen) atoms. The Kier molecular flexibility index (Phi) is 3.50. The summed E-state index contributed by atoms with van der Waals surface area (Å²) in [5.74, 6) is 1.84. The number of methoxy groups -OCH3 is 1. The fourth-order valence-electron chi connectivity index (χ4n) is 1.91. The average molecular weight is 351 g/mol. The predicted octanol–water partition coefficient (Wildman–Crippen LogP) is 4.42. The Bertz CT molecular complexity index is 734. The summed E-state index contributed by atoms with van der Waals surface area (Å²) in [5.41, 5.74) is 7.72. The monoisotopic (exact) mass is 350 g/mol. The third kappa shape index (κ3) is 2.32. The maximum absolute atomic E-state index is 5.94. The van der Waals surface area contributed by atoms with Gasteiger partial charge in [-0.05, 0) is 17.7 Å². The molecule has 6 heteroatoms. The summed E-state index contributed by atoms with van der Waals surface area (Å²) in [7, 11) is 1.64. The molecule has 0 radical (unpaired) electrons. The summed E-state index contributed by atoms with van der Waals surface area (Å²) in [4.78, 5) is 0.934. The number of ether oxygens (including phenoxy) is 1. The summed E-state index contributed by atoms with van der Waals surface area (Å²) >= 11 is 4.95. The minimum Gasteiger partial charge on any atom is -0.496 e. The van der Waals surface area contributed by atoms with E-state index in [0.29, 0.717) is 11.6 Å². The van der Waals surface area contributed by atoms with Gasteiger partial charge in [0.05, 0.1) is 17.6 Å². The number of hydrogen-bond acceptors (Lipinski definition) is 5. The molecule has 0 unspecified atom stereocenters. The lowest BCUT2D eigenvalue weighted by Gasteiger charge is -2.01. The van der Waals surface area contributed by atoms with Crippen LogP contribution in [0.5, 0.6) is 5.75 Å². The van der Waals surface area contributed by atoms with Crippen molar-refractivity contribution < 1.29 is 9.26 Å². The molecule has 0 aliphatic heterocycles. The first kappa shape index (κ1) is 13.2. The second kappa shape index (κ2) is 5.30. The van der Waals surface area contributed by atoms with Crippen LogP contribution in [0, 0.1) is 0 Å². The number of thiophene rings is 1. The predicted molar refractivity (Wildman–Crippen MR) is 83.9 cm³/mol. The first-order valence-corrected chi connectivity index (χ1v) is 7.50. The van der Waals surface area contributed by atoms with Crippen molar-refractivity contribution in [3.05, 3.63) is 40.2 Å². The Balaban J connectivity index is 2.11. The lowest BCUT2D eigenvalue weighted by Crippen LogP contribution is -1.88. The molecule has 0 atom stereocenters. The average Bonchev–Trinajstić information content (AvgIpc) is 3.06. The van der Waals surface area contributed by atoms with Gasteiger partial charge >= 0.3 is 0 Å². The van der Waals surface area contributed by atoms with Crippen molar-refractivity contribution >= 4 is 33.1 Å². The molecule has 0 spiro atoms. The van der Waals surface area contributed by atoms with E-state index in [9.17, 15) is 0 Å². The zero-order valence-electron chi connectivity index (χ0n) is 10.6. The molecule has 3 rings (SSSR count). The van der Waals surface area contributed by atoms with Crippen molar-refractivity contribution in [3.8, 4) is 27.5 Å². The van der Waals surface area contributed by atoms with E-state index in [0.717, 1.165) is 26.2 Å². The van der Waals surface area contributed by atoms with Crippen LogP contribution < -0.4 is 10.5 Å². The molecule has 0 amide bonds. The van der Waals surface area contributed by atoms with Crippen molar-refractivity contribution in [2.24, 2.45) is 0 Å². The highest BCUT2D eigenvalue weighted by Crippen LogP contribution is 2.40. The molecule has 2 N–H and O–H groups in total. The van der Waals surface area contributed by atoms with Crippen molar-refractivity contribution in [1.82, 2.24) is 5.16 Å². The Morgan fingerprint density at radius 1 is 1.30 bits per heavy atom. The highest BCUT2D eigenvalue weighted by atomic mass is 79.9. The number of nitrogens with two attached hydrogens (primary N) is 1. The zero-order chi connectivity index (χ0) is 14.1. The molecule has 0 aliphatic rings.